The van der Waals surface area contributed by atoms with E-state index in [1.54, 1.807) is 41.0 Å². The lowest BCUT2D eigenvalue weighted by Gasteiger charge is -2.38. The lowest BCUT2D eigenvalue weighted by atomic mass is 10.1. The number of para-hydroxylation sites is 2. The summed E-state index contributed by atoms with van der Waals surface area (Å²) in [5, 5.41) is 0.607. The van der Waals surface area contributed by atoms with Crippen molar-refractivity contribution in [1.29, 1.82) is 0 Å². The van der Waals surface area contributed by atoms with E-state index < -0.39 is 12.2 Å². The Labute approximate surface area is 186 Å². The van der Waals surface area contributed by atoms with Gasteiger partial charge in [-0.25, -0.2) is 0 Å². The molecule has 2 unspecified atom stereocenters. The second kappa shape index (κ2) is 9.16. The Kier molecular flexibility index (Phi) is 6.34. The van der Waals surface area contributed by atoms with Crippen molar-refractivity contribution in [1.82, 2.24) is 4.90 Å². The van der Waals surface area contributed by atoms with Gasteiger partial charge in [0.25, 0.3) is 11.8 Å². The molecule has 31 heavy (non-hydrogen) atoms. The summed E-state index contributed by atoms with van der Waals surface area (Å²) >= 11 is 6.02. The molecule has 0 aliphatic carbocycles. The van der Waals surface area contributed by atoms with Crippen molar-refractivity contribution >= 4 is 29.1 Å². The Balaban J connectivity index is 1.54. The molecule has 0 saturated carbocycles. The van der Waals surface area contributed by atoms with Crippen LogP contribution in [-0.2, 0) is 14.3 Å². The molecule has 0 spiro atoms. The Morgan fingerprint density at radius 1 is 1.16 bits per heavy atom. The normalized spacial score (nSPS) is 19.3. The Morgan fingerprint density at radius 2 is 1.90 bits per heavy atom. The smallest absolute Gasteiger partial charge is 0.268 e. The van der Waals surface area contributed by atoms with E-state index in [4.69, 9.17) is 25.8 Å². The molecule has 2 atom stereocenters. The molecule has 2 aromatic rings. The monoisotopic (exact) mass is 444 g/mol. The summed E-state index contributed by atoms with van der Waals surface area (Å²) in [4.78, 5) is 29.7. The number of benzene rings is 2. The second-order valence-electron chi connectivity index (χ2n) is 7.63. The summed E-state index contributed by atoms with van der Waals surface area (Å²) in [5.41, 5.74) is 1.47. The Hall–Kier alpha value is -2.77. The molecule has 4 rings (SSSR count). The van der Waals surface area contributed by atoms with E-state index in [1.807, 2.05) is 25.1 Å². The standard InChI is InChI=1S/C23H25ClN2O5/c1-15-13-17(24)7-8-19(15)30-16(2)22(27)26-14-21(23(28)25-9-11-29-12-10-25)31-20-6-4-3-5-18(20)26/h3-8,13,16,21H,9-12,14H2,1-2H3. The van der Waals surface area contributed by atoms with Crippen molar-refractivity contribution in [3.63, 3.8) is 0 Å². The van der Waals surface area contributed by atoms with E-state index in [-0.39, 0.29) is 18.4 Å². The molecule has 1 fully saturated rings. The van der Waals surface area contributed by atoms with Crippen LogP contribution in [0, 0.1) is 6.92 Å². The van der Waals surface area contributed by atoms with Gasteiger partial charge in [0.1, 0.15) is 11.5 Å². The van der Waals surface area contributed by atoms with Crippen molar-refractivity contribution in [3.8, 4) is 11.5 Å². The highest BCUT2D eigenvalue weighted by Gasteiger charge is 2.38. The number of halogens is 1. The zero-order valence-electron chi connectivity index (χ0n) is 17.5. The third-order valence-electron chi connectivity index (χ3n) is 5.43. The van der Waals surface area contributed by atoms with E-state index in [9.17, 15) is 9.59 Å². The molecule has 2 aliphatic rings. The molecule has 7 nitrogen and oxygen atoms in total. The number of carbonyl (C=O) groups is 2. The topological polar surface area (TPSA) is 68.3 Å². The molecule has 0 N–H and O–H groups in total. The van der Waals surface area contributed by atoms with Gasteiger partial charge < -0.3 is 24.0 Å². The molecule has 0 bridgehead atoms. The zero-order valence-corrected chi connectivity index (χ0v) is 18.3. The van der Waals surface area contributed by atoms with Crippen LogP contribution in [0.3, 0.4) is 0 Å². The Morgan fingerprint density at radius 3 is 2.65 bits per heavy atom. The van der Waals surface area contributed by atoms with Gasteiger partial charge in [-0.15, -0.1) is 0 Å². The summed E-state index contributed by atoms with van der Waals surface area (Å²) in [6.07, 6.45) is -1.54. The van der Waals surface area contributed by atoms with Crippen LogP contribution < -0.4 is 14.4 Å². The number of nitrogens with zero attached hydrogens (tertiary/aromatic N) is 2. The lowest BCUT2D eigenvalue weighted by molar-refractivity contribution is -0.143. The summed E-state index contributed by atoms with van der Waals surface area (Å²) in [7, 11) is 0. The van der Waals surface area contributed by atoms with Crippen LogP contribution in [0.4, 0.5) is 5.69 Å². The predicted octanol–water partition coefficient (Wildman–Crippen LogP) is 3.07. The highest BCUT2D eigenvalue weighted by atomic mass is 35.5. The SMILES string of the molecule is Cc1cc(Cl)ccc1OC(C)C(=O)N1CC(C(=O)N2CCOCC2)Oc2ccccc21. The first-order chi connectivity index (χ1) is 14.9. The number of rotatable bonds is 4. The number of ether oxygens (including phenoxy) is 3. The van der Waals surface area contributed by atoms with Crippen LogP contribution in [0.15, 0.2) is 42.5 Å². The summed E-state index contributed by atoms with van der Waals surface area (Å²) in [6.45, 7) is 5.74. The van der Waals surface area contributed by atoms with Crippen LogP contribution in [-0.4, -0.2) is 61.8 Å². The minimum absolute atomic E-state index is 0.124. The van der Waals surface area contributed by atoms with E-state index in [2.05, 4.69) is 0 Å². The predicted molar refractivity (Wildman–Crippen MR) is 117 cm³/mol. The van der Waals surface area contributed by atoms with Gasteiger partial charge in [-0.05, 0) is 49.7 Å². The van der Waals surface area contributed by atoms with E-state index in [0.29, 0.717) is 48.5 Å². The van der Waals surface area contributed by atoms with Crippen molar-refractivity contribution in [2.45, 2.75) is 26.1 Å². The van der Waals surface area contributed by atoms with Crippen LogP contribution in [0.5, 0.6) is 11.5 Å². The van der Waals surface area contributed by atoms with Crippen LogP contribution in [0.25, 0.3) is 0 Å². The van der Waals surface area contributed by atoms with Gasteiger partial charge in [-0.1, -0.05) is 23.7 Å². The maximum Gasteiger partial charge on any atom is 0.268 e. The quantitative estimate of drug-likeness (QED) is 0.725. The van der Waals surface area contributed by atoms with E-state index >= 15 is 0 Å². The first-order valence-electron chi connectivity index (χ1n) is 10.3. The van der Waals surface area contributed by atoms with Crippen molar-refractivity contribution in [3.05, 3.63) is 53.1 Å². The minimum atomic E-state index is -0.776. The number of hydrogen-bond donors (Lipinski definition) is 0. The average molecular weight is 445 g/mol. The lowest BCUT2D eigenvalue weighted by Crippen LogP contribution is -2.55. The number of aryl methyl sites for hydroxylation is 1. The largest absolute Gasteiger partial charge is 0.481 e. The van der Waals surface area contributed by atoms with E-state index in [0.717, 1.165) is 5.56 Å². The van der Waals surface area contributed by atoms with Gasteiger partial charge in [-0.2, -0.15) is 0 Å². The molecule has 8 heteroatoms. The summed E-state index contributed by atoms with van der Waals surface area (Å²) in [5.74, 6) is 0.707. The van der Waals surface area contributed by atoms with E-state index in [1.165, 1.54) is 0 Å². The highest BCUT2D eigenvalue weighted by molar-refractivity contribution is 6.30. The number of anilines is 1. The molecule has 2 amide bonds. The third-order valence-corrected chi connectivity index (χ3v) is 5.66. The van der Waals surface area contributed by atoms with Crippen molar-refractivity contribution in [2.75, 3.05) is 37.7 Å². The van der Waals surface area contributed by atoms with Gasteiger partial charge in [0, 0.05) is 18.1 Å². The number of carbonyl (C=O) groups excluding carboxylic acids is 2. The van der Waals surface area contributed by atoms with Gasteiger partial charge in [0.2, 0.25) is 0 Å². The molecule has 2 heterocycles. The maximum atomic E-state index is 13.4. The van der Waals surface area contributed by atoms with Crippen LogP contribution in [0.1, 0.15) is 12.5 Å². The molecular weight excluding hydrogens is 420 g/mol. The fourth-order valence-electron chi connectivity index (χ4n) is 3.76. The van der Waals surface area contributed by atoms with Gasteiger partial charge in [0.05, 0.1) is 25.4 Å². The highest BCUT2D eigenvalue weighted by Crippen LogP contribution is 2.34. The third kappa shape index (κ3) is 4.62. The first-order valence-corrected chi connectivity index (χ1v) is 10.7. The summed E-state index contributed by atoms with van der Waals surface area (Å²) in [6, 6.07) is 12.5. The van der Waals surface area contributed by atoms with Gasteiger partial charge in [0.15, 0.2) is 12.2 Å². The van der Waals surface area contributed by atoms with Gasteiger partial charge in [-0.3, -0.25) is 9.59 Å². The molecule has 0 radical (unpaired) electrons. The van der Waals surface area contributed by atoms with Crippen molar-refractivity contribution < 1.29 is 23.8 Å². The first kappa shape index (κ1) is 21.5. The molecular formula is C23H25ClN2O5. The molecule has 164 valence electrons. The fourth-order valence-corrected chi connectivity index (χ4v) is 3.99. The van der Waals surface area contributed by atoms with Gasteiger partial charge >= 0.3 is 0 Å². The number of hydrogen-bond acceptors (Lipinski definition) is 5. The Bertz CT molecular complexity index is 976. The molecule has 0 aromatic heterocycles. The van der Waals surface area contributed by atoms with Crippen LogP contribution >= 0.6 is 11.6 Å². The number of amides is 2. The van der Waals surface area contributed by atoms with Crippen molar-refractivity contribution in [2.24, 2.45) is 0 Å². The van der Waals surface area contributed by atoms with Crippen LogP contribution in [0.2, 0.25) is 5.02 Å². The zero-order chi connectivity index (χ0) is 22.0. The minimum Gasteiger partial charge on any atom is -0.481 e. The number of morpholine rings is 1. The maximum absolute atomic E-state index is 13.4. The molecule has 2 aromatic carbocycles. The number of fused-ring (bicyclic) bond motifs is 1. The molecule has 2 aliphatic heterocycles. The summed E-state index contributed by atoms with van der Waals surface area (Å²) < 4.78 is 17.2. The average Bonchev–Trinajstić information content (AvgIpc) is 2.79. The molecule has 1 saturated heterocycles. The fraction of sp³-hybridized carbons (Fsp3) is 0.391. The second-order valence-corrected chi connectivity index (χ2v) is 8.07.